The average Bonchev–Trinajstić information content (AvgIpc) is 2.23. The van der Waals surface area contributed by atoms with E-state index < -0.39 is 0 Å². The van der Waals surface area contributed by atoms with Crippen LogP contribution < -0.4 is 10.6 Å². The standard InChI is InChI=1S/C12H25N3OS/c1-12(2,3)14-11(17)13-5-4-6-15-7-9-16-10-8-15/h4-10H2,1-3H3,(H2,13,14,17). The number of thiocarbonyl (C=S) groups is 1. The summed E-state index contributed by atoms with van der Waals surface area (Å²) < 4.78 is 5.31. The van der Waals surface area contributed by atoms with Crippen LogP contribution in [0.5, 0.6) is 0 Å². The van der Waals surface area contributed by atoms with E-state index in [1.807, 2.05) is 0 Å². The molecule has 1 saturated heterocycles. The van der Waals surface area contributed by atoms with Crippen LogP contribution in [0.3, 0.4) is 0 Å². The van der Waals surface area contributed by atoms with Gasteiger partial charge in [-0.2, -0.15) is 0 Å². The van der Waals surface area contributed by atoms with Gasteiger partial charge in [-0.05, 0) is 46.0 Å². The molecule has 1 rings (SSSR count). The van der Waals surface area contributed by atoms with E-state index in [4.69, 9.17) is 17.0 Å². The van der Waals surface area contributed by atoms with Crippen molar-refractivity contribution in [2.24, 2.45) is 0 Å². The van der Waals surface area contributed by atoms with Crippen molar-refractivity contribution in [2.75, 3.05) is 39.4 Å². The van der Waals surface area contributed by atoms with Crippen molar-refractivity contribution in [3.05, 3.63) is 0 Å². The van der Waals surface area contributed by atoms with Crippen LogP contribution in [0, 0.1) is 0 Å². The van der Waals surface area contributed by atoms with Gasteiger partial charge in [0.15, 0.2) is 5.11 Å². The van der Waals surface area contributed by atoms with Crippen LogP contribution >= 0.6 is 12.2 Å². The van der Waals surface area contributed by atoms with Crippen LogP contribution in [-0.4, -0.2) is 54.9 Å². The minimum Gasteiger partial charge on any atom is -0.379 e. The number of morpholine rings is 1. The highest BCUT2D eigenvalue weighted by Gasteiger charge is 2.11. The van der Waals surface area contributed by atoms with Crippen LogP contribution in [0.1, 0.15) is 27.2 Å². The average molecular weight is 259 g/mol. The van der Waals surface area contributed by atoms with Gasteiger partial charge in [0.2, 0.25) is 0 Å². The lowest BCUT2D eigenvalue weighted by molar-refractivity contribution is 0.0376. The summed E-state index contributed by atoms with van der Waals surface area (Å²) in [4.78, 5) is 2.44. The topological polar surface area (TPSA) is 36.5 Å². The molecule has 1 aliphatic rings. The van der Waals surface area contributed by atoms with Gasteiger partial charge < -0.3 is 15.4 Å². The van der Waals surface area contributed by atoms with E-state index in [0.717, 1.165) is 50.9 Å². The summed E-state index contributed by atoms with van der Waals surface area (Å²) in [5.74, 6) is 0. The molecular formula is C12H25N3OS. The van der Waals surface area contributed by atoms with Gasteiger partial charge in [0.1, 0.15) is 0 Å². The number of nitrogens with one attached hydrogen (secondary N) is 2. The Hall–Kier alpha value is -0.390. The third-order valence-corrected chi connectivity index (χ3v) is 2.78. The monoisotopic (exact) mass is 259 g/mol. The van der Waals surface area contributed by atoms with Gasteiger partial charge in [-0.15, -0.1) is 0 Å². The van der Waals surface area contributed by atoms with Gasteiger partial charge in [-0.1, -0.05) is 0 Å². The Morgan fingerprint density at radius 3 is 2.53 bits per heavy atom. The van der Waals surface area contributed by atoms with E-state index in [9.17, 15) is 0 Å². The minimum absolute atomic E-state index is 0.0360. The number of ether oxygens (including phenoxy) is 1. The zero-order valence-electron chi connectivity index (χ0n) is 11.2. The normalized spacial score (nSPS) is 17.8. The third kappa shape index (κ3) is 7.52. The van der Waals surface area contributed by atoms with Crippen LogP contribution in [0.25, 0.3) is 0 Å². The molecule has 0 amide bonds. The largest absolute Gasteiger partial charge is 0.379 e. The molecule has 1 fully saturated rings. The molecule has 5 heteroatoms. The molecule has 2 N–H and O–H groups in total. The fourth-order valence-electron chi connectivity index (χ4n) is 1.71. The Kier molecular flexibility index (Phi) is 6.16. The first kappa shape index (κ1) is 14.7. The lowest BCUT2D eigenvalue weighted by Crippen LogP contribution is -2.47. The first-order valence-corrected chi connectivity index (χ1v) is 6.74. The van der Waals surface area contributed by atoms with Crippen molar-refractivity contribution >= 4 is 17.3 Å². The second-order valence-corrected chi connectivity index (χ2v) is 5.85. The van der Waals surface area contributed by atoms with Gasteiger partial charge in [-0.3, -0.25) is 4.90 Å². The summed E-state index contributed by atoms with van der Waals surface area (Å²) in [5.41, 5.74) is 0.0360. The molecule has 0 spiro atoms. The second kappa shape index (κ2) is 7.13. The predicted molar refractivity (Wildman–Crippen MR) is 75.4 cm³/mol. The highest BCUT2D eigenvalue weighted by atomic mass is 32.1. The summed E-state index contributed by atoms with van der Waals surface area (Å²) in [6.45, 7) is 12.2. The van der Waals surface area contributed by atoms with Gasteiger partial charge in [0.05, 0.1) is 13.2 Å². The van der Waals surface area contributed by atoms with Crippen LogP contribution in [-0.2, 0) is 4.74 Å². The first-order valence-electron chi connectivity index (χ1n) is 6.33. The van der Waals surface area contributed by atoms with Crippen molar-refractivity contribution in [1.29, 1.82) is 0 Å². The maximum atomic E-state index is 5.31. The molecule has 0 aromatic carbocycles. The Morgan fingerprint density at radius 2 is 1.94 bits per heavy atom. The SMILES string of the molecule is CC(C)(C)NC(=S)NCCCN1CCOCC1. The maximum Gasteiger partial charge on any atom is 0.166 e. The van der Waals surface area contributed by atoms with E-state index in [0.29, 0.717) is 0 Å². The van der Waals surface area contributed by atoms with Crippen LogP contribution in [0.15, 0.2) is 0 Å². The zero-order valence-corrected chi connectivity index (χ0v) is 12.0. The van der Waals surface area contributed by atoms with Crippen molar-refractivity contribution in [3.8, 4) is 0 Å². The molecule has 0 aromatic heterocycles. The van der Waals surface area contributed by atoms with E-state index in [2.05, 4.69) is 36.3 Å². The third-order valence-electron chi connectivity index (χ3n) is 2.53. The van der Waals surface area contributed by atoms with E-state index in [-0.39, 0.29) is 5.54 Å². The summed E-state index contributed by atoms with van der Waals surface area (Å²) in [7, 11) is 0. The van der Waals surface area contributed by atoms with Crippen molar-refractivity contribution < 1.29 is 4.74 Å². The van der Waals surface area contributed by atoms with Gasteiger partial charge in [0.25, 0.3) is 0 Å². The molecule has 0 unspecified atom stereocenters. The summed E-state index contributed by atoms with van der Waals surface area (Å²) in [5, 5.41) is 7.23. The van der Waals surface area contributed by atoms with Crippen LogP contribution in [0.2, 0.25) is 0 Å². The van der Waals surface area contributed by atoms with Crippen molar-refractivity contribution in [1.82, 2.24) is 15.5 Å². The lowest BCUT2D eigenvalue weighted by atomic mass is 10.1. The van der Waals surface area contributed by atoms with E-state index in [1.54, 1.807) is 0 Å². The number of hydrogen-bond acceptors (Lipinski definition) is 3. The molecule has 17 heavy (non-hydrogen) atoms. The number of rotatable bonds is 4. The quantitative estimate of drug-likeness (QED) is 0.581. The van der Waals surface area contributed by atoms with Crippen molar-refractivity contribution in [3.63, 3.8) is 0 Å². The molecule has 0 bridgehead atoms. The fraction of sp³-hybridized carbons (Fsp3) is 0.917. The van der Waals surface area contributed by atoms with Gasteiger partial charge >= 0.3 is 0 Å². The minimum atomic E-state index is 0.0360. The second-order valence-electron chi connectivity index (χ2n) is 5.44. The molecule has 1 heterocycles. The van der Waals surface area contributed by atoms with E-state index in [1.165, 1.54) is 0 Å². The zero-order chi connectivity index (χ0) is 12.7. The van der Waals surface area contributed by atoms with Gasteiger partial charge in [0, 0.05) is 25.2 Å². The molecule has 100 valence electrons. The molecule has 0 aliphatic carbocycles. The molecule has 0 atom stereocenters. The number of nitrogens with zero attached hydrogens (tertiary/aromatic N) is 1. The summed E-state index contributed by atoms with van der Waals surface area (Å²) in [6.07, 6.45) is 1.12. The number of hydrogen-bond donors (Lipinski definition) is 2. The van der Waals surface area contributed by atoms with Crippen molar-refractivity contribution in [2.45, 2.75) is 32.7 Å². The Morgan fingerprint density at radius 1 is 1.29 bits per heavy atom. The fourth-order valence-corrected chi connectivity index (χ4v) is 2.12. The smallest absolute Gasteiger partial charge is 0.166 e. The molecule has 0 aromatic rings. The highest BCUT2D eigenvalue weighted by Crippen LogP contribution is 1.99. The molecular weight excluding hydrogens is 234 g/mol. The molecule has 4 nitrogen and oxygen atoms in total. The molecule has 0 radical (unpaired) electrons. The molecule has 0 saturated carbocycles. The predicted octanol–water partition coefficient (Wildman–Crippen LogP) is 0.971. The first-order chi connectivity index (χ1) is 7.97. The lowest BCUT2D eigenvalue weighted by Gasteiger charge is -2.27. The Bertz CT molecular complexity index is 234. The molecule has 1 aliphatic heterocycles. The van der Waals surface area contributed by atoms with Gasteiger partial charge in [-0.25, -0.2) is 0 Å². The summed E-state index contributed by atoms with van der Waals surface area (Å²) in [6, 6.07) is 0. The maximum absolute atomic E-state index is 5.31. The highest BCUT2D eigenvalue weighted by molar-refractivity contribution is 7.80. The van der Waals surface area contributed by atoms with E-state index >= 15 is 0 Å². The Labute approximate surface area is 110 Å². The summed E-state index contributed by atoms with van der Waals surface area (Å²) >= 11 is 5.22. The van der Waals surface area contributed by atoms with Crippen LogP contribution in [0.4, 0.5) is 0 Å². The Balaban J connectivity index is 2.01.